The molecule has 0 N–H and O–H groups in total. The molecule has 1 aromatic rings. The molecule has 104 valence electrons. The largest absolute Gasteiger partial charge is 0.469 e. The standard InChI is InChI=1S/C13H19N3O3/c1-10(16-7-3-6-14-16)12(17)15-8-4-11(5-9-15)13(18)19-2/h3,6-7,10-11H,4-5,8-9H2,1-2H3. The van der Waals surface area contributed by atoms with Crippen LogP contribution in [0.5, 0.6) is 0 Å². The van der Waals surface area contributed by atoms with Crippen LogP contribution in [-0.2, 0) is 14.3 Å². The quantitative estimate of drug-likeness (QED) is 0.760. The molecule has 0 aromatic carbocycles. The first-order valence-electron chi connectivity index (χ1n) is 6.49. The molecule has 0 aliphatic carbocycles. The molecule has 2 rings (SSSR count). The third-order valence-corrected chi connectivity index (χ3v) is 3.62. The van der Waals surface area contributed by atoms with Gasteiger partial charge in [0.05, 0.1) is 13.0 Å². The molecule has 2 heterocycles. The monoisotopic (exact) mass is 265 g/mol. The Bertz CT molecular complexity index is 436. The fourth-order valence-electron chi connectivity index (χ4n) is 2.39. The van der Waals surface area contributed by atoms with Gasteiger partial charge in [-0.25, -0.2) is 0 Å². The second-order valence-corrected chi connectivity index (χ2v) is 4.78. The third-order valence-electron chi connectivity index (χ3n) is 3.62. The zero-order valence-corrected chi connectivity index (χ0v) is 11.3. The zero-order valence-electron chi connectivity index (χ0n) is 11.3. The fourth-order valence-corrected chi connectivity index (χ4v) is 2.39. The maximum atomic E-state index is 12.3. The van der Waals surface area contributed by atoms with Crippen LogP contribution in [0.15, 0.2) is 18.5 Å². The van der Waals surface area contributed by atoms with Gasteiger partial charge in [0.1, 0.15) is 6.04 Å². The van der Waals surface area contributed by atoms with Crippen LogP contribution in [0.1, 0.15) is 25.8 Å². The number of methoxy groups -OCH3 is 1. The molecule has 1 atom stereocenters. The average molecular weight is 265 g/mol. The molecule has 6 nitrogen and oxygen atoms in total. The molecule has 19 heavy (non-hydrogen) atoms. The highest BCUT2D eigenvalue weighted by Crippen LogP contribution is 2.20. The Morgan fingerprint density at radius 1 is 1.37 bits per heavy atom. The minimum Gasteiger partial charge on any atom is -0.469 e. The number of hydrogen-bond donors (Lipinski definition) is 0. The van der Waals surface area contributed by atoms with Crippen molar-refractivity contribution in [3.05, 3.63) is 18.5 Å². The number of rotatable bonds is 3. The first-order valence-corrected chi connectivity index (χ1v) is 6.49. The molecule has 1 saturated heterocycles. The number of carbonyl (C=O) groups is 2. The van der Waals surface area contributed by atoms with Crippen molar-refractivity contribution in [3.63, 3.8) is 0 Å². The lowest BCUT2D eigenvalue weighted by atomic mass is 9.96. The first kappa shape index (κ1) is 13.6. The number of aromatic nitrogens is 2. The normalized spacial score (nSPS) is 18.1. The van der Waals surface area contributed by atoms with Crippen molar-refractivity contribution < 1.29 is 14.3 Å². The Morgan fingerprint density at radius 3 is 2.58 bits per heavy atom. The van der Waals surface area contributed by atoms with Crippen molar-refractivity contribution in [2.45, 2.75) is 25.8 Å². The summed E-state index contributed by atoms with van der Waals surface area (Å²) in [5.41, 5.74) is 0. The predicted molar refractivity (Wildman–Crippen MR) is 68.3 cm³/mol. The van der Waals surface area contributed by atoms with E-state index in [-0.39, 0.29) is 23.8 Å². The Kier molecular flexibility index (Phi) is 4.19. The van der Waals surface area contributed by atoms with Gasteiger partial charge in [-0.2, -0.15) is 5.10 Å². The van der Waals surface area contributed by atoms with Crippen molar-refractivity contribution in [2.24, 2.45) is 5.92 Å². The molecule has 1 amide bonds. The second kappa shape index (κ2) is 5.86. The number of piperidine rings is 1. The van der Waals surface area contributed by atoms with E-state index in [9.17, 15) is 9.59 Å². The lowest BCUT2D eigenvalue weighted by molar-refractivity contribution is -0.149. The van der Waals surface area contributed by atoms with Crippen LogP contribution in [0.4, 0.5) is 0 Å². The van der Waals surface area contributed by atoms with Crippen LogP contribution in [0.2, 0.25) is 0 Å². The summed E-state index contributed by atoms with van der Waals surface area (Å²) in [5, 5.41) is 4.08. The fraction of sp³-hybridized carbons (Fsp3) is 0.615. The molecule has 0 radical (unpaired) electrons. The first-order chi connectivity index (χ1) is 9.13. The van der Waals surface area contributed by atoms with Crippen LogP contribution < -0.4 is 0 Å². The van der Waals surface area contributed by atoms with E-state index >= 15 is 0 Å². The molecule has 1 fully saturated rings. The van der Waals surface area contributed by atoms with E-state index in [1.54, 1.807) is 28.0 Å². The van der Waals surface area contributed by atoms with Crippen LogP contribution >= 0.6 is 0 Å². The molecule has 0 spiro atoms. The van der Waals surface area contributed by atoms with Crippen molar-refractivity contribution in [2.75, 3.05) is 20.2 Å². The Morgan fingerprint density at radius 2 is 2.05 bits per heavy atom. The minimum atomic E-state index is -0.301. The summed E-state index contributed by atoms with van der Waals surface area (Å²) in [6.07, 6.45) is 4.78. The number of ether oxygens (including phenoxy) is 1. The lowest BCUT2D eigenvalue weighted by Crippen LogP contribution is -2.43. The van der Waals surface area contributed by atoms with Gasteiger partial charge in [-0.3, -0.25) is 14.3 Å². The van der Waals surface area contributed by atoms with Gasteiger partial charge in [0.15, 0.2) is 0 Å². The maximum absolute atomic E-state index is 12.3. The van der Waals surface area contributed by atoms with Gasteiger partial charge in [0, 0.05) is 25.5 Å². The van der Waals surface area contributed by atoms with Crippen molar-refractivity contribution in [1.82, 2.24) is 14.7 Å². The van der Waals surface area contributed by atoms with Crippen molar-refractivity contribution >= 4 is 11.9 Å². The van der Waals surface area contributed by atoms with E-state index in [0.29, 0.717) is 25.9 Å². The zero-order chi connectivity index (χ0) is 13.8. The molecule has 0 saturated carbocycles. The van der Waals surface area contributed by atoms with E-state index in [4.69, 9.17) is 4.74 Å². The molecule has 1 aromatic heterocycles. The summed E-state index contributed by atoms with van der Waals surface area (Å²) < 4.78 is 6.38. The number of likely N-dealkylation sites (tertiary alicyclic amines) is 1. The highest BCUT2D eigenvalue weighted by molar-refractivity contribution is 5.80. The number of esters is 1. The number of hydrogen-bond acceptors (Lipinski definition) is 4. The van der Waals surface area contributed by atoms with Crippen LogP contribution in [0.3, 0.4) is 0 Å². The Labute approximate surface area is 112 Å². The number of carbonyl (C=O) groups excluding carboxylic acids is 2. The lowest BCUT2D eigenvalue weighted by Gasteiger charge is -2.32. The molecule has 1 unspecified atom stereocenters. The van der Waals surface area contributed by atoms with Gasteiger partial charge in [-0.15, -0.1) is 0 Å². The van der Waals surface area contributed by atoms with Crippen LogP contribution in [0, 0.1) is 5.92 Å². The van der Waals surface area contributed by atoms with E-state index in [2.05, 4.69) is 5.10 Å². The van der Waals surface area contributed by atoms with Crippen LogP contribution in [0.25, 0.3) is 0 Å². The van der Waals surface area contributed by atoms with E-state index < -0.39 is 0 Å². The maximum Gasteiger partial charge on any atom is 0.308 e. The van der Waals surface area contributed by atoms with Gasteiger partial charge in [0.25, 0.3) is 0 Å². The van der Waals surface area contributed by atoms with Gasteiger partial charge < -0.3 is 9.64 Å². The van der Waals surface area contributed by atoms with Crippen molar-refractivity contribution in [3.8, 4) is 0 Å². The van der Waals surface area contributed by atoms with Crippen LogP contribution in [-0.4, -0.2) is 46.8 Å². The second-order valence-electron chi connectivity index (χ2n) is 4.78. The highest BCUT2D eigenvalue weighted by Gasteiger charge is 2.30. The molecule has 0 bridgehead atoms. The van der Waals surface area contributed by atoms with Crippen molar-refractivity contribution in [1.29, 1.82) is 0 Å². The summed E-state index contributed by atoms with van der Waals surface area (Å²) in [7, 11) is 1.40. The molecule has 6 heteroatoms. The summed E-state index contributed by atoms with van der Waals surface area (Å²) >= 11 is 0. The van der Waals surface area contributed by atoms with Gasteiger partial charge in [-0.1, -0.05) is 0 Å². The summed E-state index contributed by atoms with van der Waals surface area (Å²) in [6, 6.07) is 1.50. The third kappa shape index (κ3) is 2.94. The number of amides is 1. The van der Waals surface area contributed by atoms with Gasteiger partial charge in [-0.05, 0) is 25.8 Å². The minimum absolute atomic E-state index is 0.0482. The predicted octanol–water partition coefficient (Wildman–Crippen LogP) is 0.856. The molecular formula is C13H19N3O3. The SMILES string of the molecule is COC(=O)C1CCN(C(=O)C(C)n2cccn2)CC1. The average Bonchev–Trinajstić information content (AvgIpc) is 2.99. The summed E-state index contributed by atoms with van der Waals surface area (Å²) in [6.45, 7) is 3.04. The van der Waals surface area contributed by atoms with E-state index in [0.717, 1.165) is 0 Å². The van der Waals surface area contributed by atoms with Gasteiger partial charge >= 0.3 is 5.97 Å². The smallest absolute Gasteiger partial charge is 0.308 e. The molecule has 1 aliphatic rings. The summed E-state index contributed by atoms with van der Waals surface area (Å²) in [4.78, 5) is 25.5. The topological polar surface area (TPSA) is 64.4 Å². The molecular weight excluding hydrogens is 246 g/mol. The van der Waals surface area contributed by atoms with Gasteiger partial charge in [0.2, 0.25) is 5.91 Å². The Hall–Kier alpha value is -1.85. The van der Waals surface area contributed by atoms with E-state index in [1.807, 2.05) is 6.92 Å². The Balaban J connectivity index is 1.91. The number of nitrogens with zero attached hydrogens (tertiary/aromatic N) is 3. The summed E-state index contributed by atoms with van der Waals surface area (Å²) in [5.74, 6) is -0.201. The highest BCUT2D eigenvalue weighted by atomic mass is 16.5. The van der Waals surface area contributed by atoms with E-state index in [1.165, 1.54) is 7.11 Å². The molecule has 1 aliphatic heterocycles.